The van der Waals surface area contributed by atoms with E-state index in [-0.39, 0.29) is 17.8 Å². The molecule has 0 saturated carbocycles. The quantitative estimate of drug-likeness (QED) is 0.907. The standard InChI is InChI=1S/C17H17N3O3/c21-13-8-10-19-15(16(13)22)17(23)18-9-4-7-14(18)20(19)11-12-5-2-1-3-6-12/h1-3,5-6,8,10,14,22H,4,7,9,11H2. The van der Waals surface area contributed by atoms with E-state index in [1.54, 1.807) is 15.8 Å². The van der Waals surface area contributed by atoms with Crippen LogP contribution in [-0.4, -0.2) is 33.3 Å². The average molecular weight is 311 g/mol. The van der Waals surface area contributed by atoms with Crippen molar-refractivity contribution in [1.82, 2.24) is 9.58 Å². The van der Waals surface area contributed by atoms with Gasteiger partial charge in [-0.25, -0.2) is 0 Å². The van der Waals surface area contributed by atoms with Gasteiger partial charge in [-0.15, -0.1) is 0 Å². The summed E-state index contributed by atoms with van der Waals surface area (Å²) in [4.78, 5) is 26.1. The zero-order valence-corrected chi connectivity index (χ0v) is 12.6. The van der Waals surface area contributed by atoms with Gasteiger partial charge in [0.1, 0.15) is 6.17 Å². The SMILES string of the molecule is O=C1c2c(O)c(=O)ccn2N(Cc2ccccc2)C2CCCN12. The molecule has 0 bridgehead atoms. The van der Waals surface area contributed by atoms with Crippen molar-refractivity contribution in [3.63, 3.8) is 0 Å². The predicted molar refractivity (Wildman–Crippen MR) is 84.8 cm³/mol. The molecule has 1 saturated heterocycles. The number of carbonyl (C=O) groups is 1. The van der Waals surface area contributed by atoms with Crippen LogP contribution in [0, 0.1) is 0 Å². The van der Waals surface area contributed by atoms with Crippen molar-refractivity contribution >= 4 is 5.91 Å². The number of fused-ring (bicyclic) bond motifs is 2. The Bertz CT molecular complexity index is 816. The van der Waals surface area contributed by atoms with E-state index in [1.165, 1.54) is 6.07 Å². The number of aromatic hydroxyl groups is 1. The van der Waals surface area contributed by atoms with Gasteiger partial charge in [-0.1, -0.05) is 30.3 Å². The summed E-state index contributed by atoms with van der Waals surface area (Å²) in [5, 5.41) is 12.2. The van der Waals surface area contributed by atoms with Crippen LogP contribution in [0.1, 0.15) is 28.9 Å². The Labute approximate surface area is 133 Å². The number of benzene rings is 1. The van der Waals surface area contributed by atoms with Gasteiger partial charge in [-0.2, -0.15) is 0 Å². The summed E-state index contributed by atoms with van der Waals surface area (Å²) in [6.07, 6.45) is 3.33. The van der Waals surface area contributed by atoms with Crippen molar-refractivity contribution in [3.8, 4) is 5.75 Å². The topological polar surface area (TPSA) is 65.8 Å². The molecule has 0 spiro atoms. The molecule has 1 N–H and O–H groups in total. The van der Waals surface area contributed by atoms with Crippen molar-refractivity contribution in [2.24, 2.45) is 0 Å². The Morgan fingerprint density at radius 1 is 1.13 bits per heavy atom. The second kappa shape index (κ2) is 5.15. The van der Waals surface area contributed by atoms with Gasteiger partial charge in [0.2, 0.25) is 5.43 Å². The summed E-state index contributed by atoms with van der Waals surface area (Å²) < 4.78 is 1.64. The van der Waals surface area contributed by atoms with Crippen LogP contribution in [0.25, 0.3) is 0 Å². The number of aromatic nitrogens is 1. The van der Waals surface area contributed by atoms with Gasteiger partial charge in [0.05, 0.1) is 6.54 Å². The second-order valence-corrected chi connectivity index (χ2v) is 5.93. The largest absolute Gasteiger partial charge is 0.502 e. The molecule has 6 nitrogen and oxygen atoms in total. The lowest BCUT2D eigenvalue weighted by Crippen LogP contribution is -2.58. The Hall–Kier alpha value is -2.76. The molecule has 2 aromatic rings. The molecule has 0 radical (unpaired) electrons. The fourth-order valence-corrected chi connectivity index (χ4v) is 3.46. The molecule has 1 atom stereocenters. The molecule has 23 heavy (non-hydrogen) atoms. The highest BCUT2D eigenvalue weighted by Gasteiger charge is 2.41. The molecule has 2 aliphatic heterocycles. The summed E-state index contributed by atoms with van der Waals surface area (Å²) >= 11 is 0. The minimum atomic E-state index is -0.526. The molecule has 0 aliphatic carbocycles. The summed E-state index contributed by atoms with van der Waals surface area (Å²) in [6.45, 7) is 1.25. The lowest BCUT2D eigenvalue weighted by atomic mass is 10.2. The zero-order valence-electron chi connectivity index (χ0n) is 12.6. The zero-order chi connectivity index (χ0) is 16.0. The van der Waals surface area contributed by atoms with E-state index in [2.05, 4.69) is 0 Å². The Balaban J connectivity index is 1.84. The summed E-state index contributed by atoms with van der Waals surface area (Å²) in [5.41, 5.74) is 0.645. The van der Waals surface area contributed by atoms with Crippen LogP contribution < -0.4 is 10.4 Å². The first-order chi connectivity index (χ1) is 11.2. The Morgan fingerprint density at radius 2 is 1.91 bits per heavy atom. The van der Waals surface area contributed by atoms with Crippen molar-refractivity contribution in [2.45, 2.75) is 25.6 Å². The highest BCUT2D eigenvalue weighted by atomic mass is 16.3. The summed E-state index contributed by atoms with van der Waals surface area (Å²) in [7, 11) is 0. The van der Waals surface area contributed by atoms with E-state index in [1.807, 2.05) is 35.3 Å². The van der Waals surface area contributed by atoms with E-state index in [0.717, 1.165) is 18.4 Å². The first-order valence-electron chi connectivity index (χ1n) is 7.73. The van der Waals surface area contributed by atoms with Gasteiger partial charge in [-0.05, 0) is 18.4 Å². The molecule has 1 fully saturated rings. The molecule has 1 aromatic carbocycles. The number of rotatable bonds is 2. The van der Waals surface area contributed by atoms with E-state index < -0.39 is 11.2 Å². The van der Waals surface area contributed by atoms with Crippen LogP contribution in [0.4, 0.5) is 0 Å². The van der Waals surface area contributed by atoms with Gasteiger partial charge >= 0.3 is 0 Å². The molecular formula is C17H17N3O3. The van der Waals surface area contributed by atoms with Crippen LogP contribution in [-0.2, 0) is 6.54 Å². The van der Waals surface area contributed by atoms with Gasteiger partial charge in [0.25, 0.3) is 5.91 Å². The molecule has 2 aliphatic rings. The fourth-order valence-electron chi connectivity index (χ4n) is 3.46. The van der Waals surface area contributed by atoms with Crippen LogP contribution in [0.15, 0.2) is 47.4 Å². The van der Waals surface area contributed by atoms with Gasteiger partial charge in [0.15, 0.2) is 11.4 Å². The third kappa shape index (κ3) is 2.10. The smallest absolute Gasteiger partial charge is 0.278 e. The molecule has 118 valence electrons. The van der Waals surface area contributed by atoms with Crippen LogP contribution in [0.5, 0.6) is 5.75 Å². The van der Waals surface area contributed by atoms with Gasteiger partial charge in [-0.3, -0.25) is 19.3 Å². The van der Waals surface area contributed by atoms with E-state index in [9.17, 15) is 14.7 Å². The van der Waals surface area contributed by atoms with Crippen LogP contribution in [0.3, 0.4) is 0 Å². The molecule has 1 unspecified atom stereocenters. The van der Waals surface area contributed by atoms with E-state index in [4.69, 9.17) is 0 Å². The van der Waals surface area contributed by atoms with Crippen molar-refractivity contribution < 1.29 is 9.90 Å². The molecule has 6 heteroatoms. The fraction of sp³-hybridized carbons (Fsp3) is 0.294. The molecule has 1 amide bonds. The Morgan fingerprint density at radius 3 is 2.70 bits per heavy atom. The first-order valence-corrected chi connectivity index (χ1v) is 7.73. The third-order valence-corrected chi connectivity index (χ3v) is 4.55. The van der Waals surface area contributed by atoms with Crippen LogP contribution >= 0.6 is 0 Å². The lowest BCUT2D eigenvalue weighted by Gasteiger charge is -2.43. The summed E-state index contributed by atoms with van der Waals surface area (Å²) in [6, 6.07) is 11.3. The van der Waals surface area contributed by atoms with Gasteiger partial charge < -0.3 is 10.0 Å². The van der Waals surface area contributed by atoms with Crippen molar-refractivity contribution in [1.29, 1.82) is 0 Å². The number of pyridine rings is 1. The van der Waals surface area contributed by atoms with Crippen LogP contribution in [0.2, 0.25) is 0 Å². The van der Waals surface area contributed by atoms with Gasteiger partial charge in [0, 0.05) is 18.8 Å². The van der Waals surface area contributed by atoms with Crippen molar-refractivity contribution in [2.75, 3.05) is 11.6 Å². The monoisotopic (exact) mass is 311 g/mol. The minimum absolute atomic E-state index is 0.0443. The predicted octanol–water partition coefficient (Wildman–Crippen LogP) is 1.27. The maximum Gasteiger partial charge on any atom is 0.278 e. The lowest BCUT2D eigenvalue weighted by molar-refractivity contribution is 0.0643. The normalized spacial score (nSPS) is 19.7. The minimum Gasteiger partial charge on any atom is -0.502 e. The number of hydrogen-bond donors (Lipinski definition) is 1. The number of nitrogens with zero attached hydrogens (tertiary/aromatic N) is 3. The van der Waals surface area contributed by atoms with E-state index >= 15 is 0 Å². The third-order valence-electron chi connectivity index (χ3n) is 4.55. The number of carbonyl (C=O) groups excluding carboxylic acids is 1. The second-order valence-electron chi connectivity index (χ2n) is 5.93. The maximum atomic E-state index is 12.6. The highest BCUT2D eigenvalue weighted by molar-refractivity contribution is 5.96. The van der Waals surface area contributed by atoms with Crippen molar-refractivity contribution in [3.05, 3.63) is 64.1 Å². The highest BCUT2D eigenvalue weighted by Crippen LogP contribution is 2.30. The first kappa shape index (κ1) is 13.9. The average Bonchev–Trinajstić information content (AvgIpc) is 3.05. The maximum absolute atomic E-state index is 12.6. The number of amides is 1. The van der Waals surface area contributed by atoms with E-state index in [0.29, 0.717) is 13.1 Å². The number of hydrogen-bond acceptors (Lipinski definition) is 4. The summed E-state index contributed by atoms with van der Waals surface area (Å²) in [5.74, 6) is -0.743. The molecule has 1 aromatic heterocycles. The molecule has 4 rings (SSSR count). The molecular weight excluding hydrogens is 294 g/mol. The Kier molecular flexibility index (Phi) is 3.11. The molecule has 3 heterocycles.